The van der Waals surface area contributed by atoms with Gasteiger partial charge in [-0.05, 0) is 36.8 Å². The average Bonchev–Trinajstić information content (AvgIpc) is 3.17. The van der Waals surface area contributed by atoms with E-state index in [-0.39, 0.29) is 22.0 Å². The molecule has 1 aromatic heterocycles. The zero-order valence-corrected chi connectivity index (χ0v) is 17.0. The first-order valence-electron chi connectivity index (χ1n) is 8.52. The number of benzene rings is 2. The molecule has 3 rings (SSSR count). The SMILES string of the molecule is Cc1cccc(Cl)c1NC(=O)/C(C#N)=C/c1ccc(-c2ccc([N+](=O)[O-])cc2Cl)o1. The van der Waals surface area contributed by atoms with E-state index in [1.165, 1.54) is 24.3 Å². The Kier molecular flexibility index (Phi) is 6.21. The van der Waals surface area contributed by atoms with Crippen LogP contribution in [0.3, 0.4) is 0 Å². The number of hydrogen-bond acceptors (Lipinski definition) is 5. The van der Waals surface area contributed by atoms with E-state index >= 15 is 0 Å². The molecule has 0 unspecified atom stereocenters. The first-order chi connectivity index (χ1) is 14.3. The number of carbonyl (C=O) groups excluding carboxylic acids is 1. The fraction of sp³-hybridized carbons (Fsp3) is 0.0476. The summed E-state index contributed by atoms with van der Waals surface area (Å²) >= 11 is 12.2. The molecule has 1 N–H and O–H groups in total. The minimum Gasteiger partial charge on any atom is -0.457 e. The van der Waals surface area contributed by atoms with Crippen LogP contribution in [-0.2, 0) is 4.79 Å². The smallest absolute Gasteiger partial charge is 0.270 e. The van der Waals surface area contributed by atoms with Gasteiger partial charge in [-0.3, -0.25) is 14.9 Å². The van der Waals surface area contributed by atoms with Gasteiger partial charge in [-0.2, -0.15) is 5.26 Å². The maximum absolute atomic E-state index is 12.5. The summed E-state index contributed by atoms with van der Waals surface area (Å²) < 4.78 is 5.64. The maximum atomic E-state index is 12.5. The fourth-order valence-corrected chi connectivity index (χ4v) is 3.19. The molecule has 0 fully saturated rings. The Morgan fingerprint density at radius 3 is 2.60 bits per heavy atom. The Morgan fingerprint density at radius 1 is 1.20 bits per heavy atom. The zero-order valence-electron chi connectivity index (χ0n) is 15.5. The van der Waals surface area contributed by atoms with E-state index in [1.54, 1.807) is 37.3 Å². The number of aryl methyl sites for hydroxylation is 1. The van der Waals surface area contributed by atoms with Gasteiger partial charge in [0.15, 0.2) is 0 Å². The summed E-state index contributed by atoms with van der Waals surface area (Å²) in [6.07, 6.45) is 1.28. The molecule has 0 radical (unpaired) electrons. The van der Waals surface area contributed by atoms with Crippen LogP contribution in [0.2, 0.25) is 10.0 Å². The number of nitrogens with zero attached hydrogens (tertiary/aromatic N) is 2. The monoisotopic (exact) mass is 441 g/mol. The highest BCUT2D eigenvalue weighted by atomic mass is 35.5. The highest BCUT2D eigenvalue weighted by Gasteiger charge is 2.16. The molecule has 2 aromatic carbocycles. The number of nitrogens with one attached hydrogen (secondary N) is 1. The summed E-state index contributed by atoms with van der Waals surface area (Å²) in [6.45, 7) is 1.78. The summed E-state index contributed by atoms with van der Waals surface area (Å²) in [4.78, 5) is 22.8. The van der Waals surface area contributed by atoms with Gasteiger partial charge in [0.05, 0.1) is 20.7 Å². The molecule has 0 aliphatic carbocycles. The molecule has 0 bridgehead atoms. The number of anilines is 1. The van der Waals surface area contributed by atoms with Gasteiger partial charge in [-0.15, -0.1) is 0 Å². The highest BCUT2D eigenvalue weighted by Crippen LogP contribution is 2.33. The van der Waals surface area contributed by atoms with Gasteiger partial charge in [-0.1, -0.05) is 35.3 Å². The molecule has 30 heavy (non-hydrogen) atoms. The van der Waals surface area contributed by atoms with Gasteiger partial charge >= 0.3 is 0 Å². The molecule has 0 saturated heterocycles. The molecule has 0 spiro atoms. The third-order valence-corrected chi connectivity index (χ3v) is 4.80. The van der Waals surface area contributed by atoms with Gasteiger partial charge in [0.25, 0.3) is 11.6 Å². The van der Waals surface area contributed by atoms with E-state index in [9.17, 15) is 20.2 Å². The topological polar surface area (TPSA) is 109 Å². The first kappa shape index (κ1) is 21.1. The Bertz CT molecular complexity index is 1200. The summed E-state index contributed by atoms with van der Waals surface area (Å²) in [6, 6.07) is 14.1. The number of non-ortho nitro benzene ring substituents is 1. The lowest BCUT2D eigenvalue weighted by atomic mass is 10.1. The Hall–Kier alpha value is -3.60. The van der Waals surface area contributed by atoms with Crippen molar-refractivity contribution in [1.29, 1.82) is 5.26 Å². The number of nitriles is 1. The molecule has 1 heterocycles. The van der Waals surface area contributed by atoms with Crippen molar-refractivity contribution in [2.24, 2.45) is 0 Å². The number of carbonyl (C=O) groups is 1. The normalized spacial score (nSPS) is 11.1. The van der Waals surface area contributed by atoms with Crippen molar-refractivity contribution in [1.82, 2.24) is 0 Å². The van der Waals surface area contributed by atoms with Gasteiger partial charge < -0.3 is 9.73 Å². The number of rotatable bonds is 5. The maximum Gasteiger partial charge on any atom is 0.270 e. The zero-order chi connectivity index (χ0) is 21.8. The van der Waals surface area contributed by atoms with E-state index in [2.05, 4.69) is 5.32 Å². The molecule has 7 nitrogen and oxygen atoms in total. The van der Waals surface area contributed by atoms with Crippen molar-refractivity contribution in [2.45, 2.75) is 6.92 Å². The van der Waals surface area contributed by atoms with Crippen molar-refractivity contribution < 1.29 is 14.1 Å². The molecule has 0 atom stereocenters. The summed E-state index contributed by atoms with van der Waals surface area (Å²) in [5.74, 6) is -0.0668. The van der Waals surface area contributed by atoms with Crippen LogP contribution in [0.1, 0.15) is 11.3 Å². The van der Waals surface area contributed by atoms with Gasteiger partial charge in [0.2, 0.25) is 0 Å². The molecule has 9 heteroatoms. The predicted molar refractivity (Wildman–Crippen MR) is 114 cm³/mol. The van der Waals surface area contributed by atoms with Crippen LogP contribution in [0.25, 0.3) is 17.4 Å². The van der Waals surface area contributed by atoms with Crippen LogP contribution in [-0.4, -0.2) is 10.8 Å². The van der Waals surface area contributed by atoms with Crippen molar-refractivity contribution in [3.63, 3.8) is 0 Å². The van der Waals surface area contributed by atoms with E-state index < -0.39 is 10.8 Å². The van der Waals surface area contributed by atoms with E-state index in [0.717, 1.165) is 5.56 Å². The van der Waals surface area contributed by atoms with Crippen molar-refractivity contribution in [2.75, 3.05) is 5.32 Å². The van der Waals surface area contributed by atoms with Crippen LogP contribution in [0, 0.1) is 28.4 Å². The fourth-order valence-electron chi connectivity index (χ4n) is 2.65. The number of hydrogen-bond donors (Lipinski definition) is 1. The number of nitro groups is 1. The minimum absolute atomic E-state index is 0.140. The van der Waals surface area contributed by atoms with E-state index in [1.807, 2.05) is 6.07 Å². The Balaban J connectivity index is 1.86. The standard InChI is InChI=1S/C21H13Cl2N3O4/c1-12-3-2-4-17(22)20(12)25-21(27)13(11-24)9-15-6-8-19(30-15)16-7-5-14(26(28)29)10-18(16)23/h2-10H,1H3,(H,25,27)/b13-9+. The summed E-state index contributed by atoms with van der Waals surface area (Å²) in [5, 5.41) is 23.3. The second kappa shape index (κ2) is 8.82. The van der Waals surface area contributed by atoms with Crippen molar-refractivity contribution in [3.8, 4) is 17.4 Å². The quantitative estimate of drug-likeness (QED) is 0.225. The van der Waals surface area contributed by atoms with E-state index in [4.69, 9.17) is 27.6 Å². The average molecular weight is 442 g/mol. The largest absolute Gasteiger partial charge is 0.457 e. The van der Waals surface area contributed by atoms with Gasteiger partial charge in [0.1, 0.15) is 23.2 Å². The third-order valence-electron chi connectivity index (χ3n) is 4.17. The second-order valence-corrected chi connectivity index (χ2v) is 6.99. The van der Waals surface area contributed by atoms with Crippen LogP contribution in [0.15, 0.2) is 58.5 Å². The molecule has 0 aliphatic heterocycles. The third kappa shape index (κ3) is 4.51. The number of furan rings is 1. The Labute approximate surface area is 181 Å². The number of halogens is 2. The number of nitro benzene ring substituents is 1. The van der Waals surface area contributed by atoms with Crippen LogP contribution in [0.4, 0.5) is 11.4 Å². The van der Waals surface area contributed by atoms with Crippen LogP contribution < -0.4 is 5.32 Å². The van der Waals surface area contributed by atoms with Crippen molar-refractivity contribution >= 4 is 46.6 Å². The molecular formula is C21H13Cl2N3O4. The lowest BCUT2D eigenvalue weighted by Gasteiger charge is -2.09. The predicted octanol–water partition coefficient (Wildman–Crippen LogP) is 6.02. The molecule has 0 saturated carbocycles. The number of amides is 1. The molecule has 3 aromatic rings. The second-order valence-electron chi connectivity index (χ2n) is 6.18. The summed E-state index contributed by atoms with van der Waals surface area (Å²) in [7, 11) is 0. The van der Waals surface area contributed by atoms with Crippen molar-refractivity contribution in [3.05, 3.63) is 85.6 Å². The van der Waals surface area contributed by atoms with Crippen LogP contribution >= 0.6 is 23.2 Å². The number of para-hydroxylation sites is 1. The van der Waals surface area contributed by atoms with Crippen LogP contribution in [0.5, 0.6) is 0 Å². The molecular weight excluding hydrogens is 429 g/mol. The van der Waals surface area contributed by atoms with E-state index in [0.29, 0.717) is 22.0 Å². The lowest BCUT2D eigenvalue weighted by molar-refractivity contribution is -0.384. The first-order valence-corrected chi connectivity index (χ1v) is 9.28. The highest BCUT2D eigenvalue weighted by molar-refractivity contribution is 6.34. The van der Waals surface area contributed by atoms with Gasteiger partial charge in [0, 0.05) is 23.8 Å². The summed E-state index contributed by atoms with van der Waals surface area (Å²) in [5.41, 5.74) is 1.28. The molecule has 0 aliphatic rings. The van der Waals surface area contributed by atoms with Gasteiger partial charge in [-0.25, -0.2) is 0 Å². The lowest BCUT2D eigenvalue weighted by Crippen LogP contribution is -2.14. The molecule has 150 valence electrons. The molecule has 1 amide bonds. The Morgan fingerprint density at radius 2 is 1.97 bits per heavy atom. The minimum atomic E-state index is -0.639.